The number of hydrogen-bond donors (Lipinski definition) is 2. The zero-order chi connectivity index (χ0) is 15.2. The maximum atomic E-state index is 11.4. The van der Waals surface area contributed by atoms with Crippen LogP contribution in [0.5, 0.6) is 0 Å². The maximum absolute atomic E-state index is 11.4. The third-order valence-electron chi connectivity index (χ3n) is 3.46. The van der Waals surface area contributed by atoms with Crippen molar-refractivity contribution < 1.29 is 9.59 Å². The molecule has 0 atom stereocenters. The van der Waals surface area contributed by atoms with Crippen LogP contribution in [0.15, 0.2) is 28.7 Å². The molecule has 0 saturated carbocycles. The Bertz CT molecular complexity index is 515. The first-order valence-electron chi connectivity index (χ1n) is 6.87. The molecule has 0 aliphatic carbocycles. The van der Waals surface area contributed by atoms with Gasteiger partial charge >= 0.3 is 6.03 Å². The number of carbonyl (C=O) groups excluding carboxylic acids is 2. The Hall–Kier alpha value is -1.60. The van der Waals surface area contributed by atoms with Gasteiger partial charge in [-0.15, -0.1) is 0 Å². The summed E-state index contributed by atoms with van der Waals surface area (Å²) in [4.78, 5) is 26.5. The van der Waals surface area contributed by atoms with Crippen molar-refractivity contribution in [3.8, 4) is 0 Å². The second kappa shape index (κ2) is 7.42. The molecule has 1 saturated heterocycles. The molecule has 0 radical (unpaired) electrons. The maximum Gasteiger partial charge on any atom is 0.318 e. The number of benzene rings is 1. The molecule has 3 amide bonds. The minimum absolute atomic E-state index is 0.291. The van der Waals surface area contributed by atoms with E-state index in [0.717, 1.165) is 30.7 Å². The Morgan fingerprint density at radius 3 is 2.57 bits per heavy atom. The van der Waals surface area contributed by atoms with Crippen molar-refractivity contribution in [1.29, 1.82) is 0 Å². The van der Waals surface area contributed by atoms with Gasteiger partial charge in [-0.3, -0.25) is 15.0 Å². The molecular weight excluding hydrogens is 336 g/mol. The highest BCUT2D eigenvalue weighted by Gasteiger charge is 2.18. The van der Waals surface area contributed by atoms with Crippen molar-refractivity contribution in [3.63, 3.8) is 0 Å². The smallest absolute Gasteiger partial charge is 0.318 e. The fourth-order valence-electron chi connectivity index (χ4n) is 2.36. The lowest BCUT2D eigenvalue weighted by Gasteiger charge is -2.36. The fraction of sp³-hybridized carbons (Fsp3) is 0.429. The number of rotatable bonds is 4. The van der Waals surface area contributed by atoms with Crippen LogP contribution in [0.2, 0.25) is 0 Å². The van der Waals surface area contributed by atoms with E-state index >= 15 is 0 Å². The molecule has 1 heterocycles. The Morgan fingerprint density at radius 2 is 1.95 bits per heavy atom. The number of nitrogens with two attached hydrogens (primary N) is 1. The number of urea groups is 1. The van der Waals surface area contributed by atoms with Gasteiger partial charge in [-0.2, -0.15) is 0 Å². The second-order valence-electron chi connectivity index (χ2n) is 4.97. The number of anilines is 1. The largest absolute Gasteiger partial charge is 0.369 e. The predicted molar refractivity (Wildman–Crippen MR) is 85.1 cm³/mol. The van der Waals surface area contributed by atoms with Gasteiger partial charge in [0.15, 0.2) is 0 Å². The van der Waals surface area contributed by atoms with E-state index in [2.05, 4.69) is 43.2 Å². The van der Waals surface area contributed by atoms with Gasteiger partial charge in [0.25, 0.3) is 0 Å². The standard InChI is InChI=1S/C14H19BrN4O2/c15-11-2-1-3-12(10-11)19-8-6-18(7-9-19)5-4-13(20)17-14(16)21/h1-3,10H,4-9H2,(H3,16,17,20,21). The van der Waals surface area contributed by atoms with Crippen molar-refractivity contribution in [2.45, 2.75) is 6.42 Å². The highest BCUT2D eigenvalue weighted by molar-refractivity contribution is 9.10. The summed E-state index contributed by atoms with van der Waals surface area (Å²) >= 11 is 3.48. The van der Waals surface area contributed by atoms with E-state index in [4.69, 9.17) is 5.73 Å². The van der Waals surface area contributed by atoms with E-state index < -0.39 is 6.03 Å². The SMILES string of the molecule is NC(=O)NC(=O)CCN1CCN(c2cccc(Br)c2)CC1. The van der Waals surface area contributed by atoms with Crippen LogP contribution in [0.3, 0.4) is 0 Å². The van der Waals surface area contributed by atoms with E-state index in [-0.39, 0.29) is 5.91 Å². The average molecular weight is 355 g/mol. The lowest BCUT2D eigenvalue weighted by Crippen LogP contribution is -2.47. The van der Waals surface area contributed by atoms with Gasteiger partial charge in [0, 0.05) is 49.3 Å². The molecule has 0 unspecified atom stereocenters. The molecule has 1 fully saturated rings. The quantitative estimate of drug-likeness (QED) is 0.850. The summed E-state index contributed by atoms with van der Waals surface area (Å²) in [5.74, 6) is -0.322. The topological polar surface area (TPSA) is 78.7 Å². The summed E-state index contributed by atoms with van der Waals surface area (Å²) in [6.07, 6.45) is 0.291. The Morgan fingerprint density at radius 1 is 1.24 bits per heavy atom. The third kappa shape index (κ3) is 5.02. The summed E-state index contributed by atoms with van der Waals surface area (Å²) in [7, 11) is 0. The first-order chi connectivity index (χ1) is 10.0. The van der Waals surface area contributed by atoms with Crippen LogP contribution in [-0.4, -0.2) is 49.6 Å². The van der Waals surface area contributed by atoms with Gasteiger partial charge in [0.2, 0.25) is 5.91 Å². The van der Waals surface area contributed by atoms with Crippen LogP contribution in [0, 0.1) is 0 Å². The highest BCUT2D eigenvalue weighted by Crippen LogP contribution is 2.21. The summed E-state index contributed by atoms with van der Waals surface area (Å²) < 4.78 is 1.07. The van der Waals surface area contributed by atoms with Crippen LogP contribution in [0.4, 0.5) is 10.5 Å². The number of hydrogen-bond acceptors (Lipinski definition) is 4. The molecular formula is C14H19BrN4O2. The zero-order valence-electron chi connectivity index (χ0n) is 11.7. The van der Waals surface area contributed by atoms with Gasteiger partial charge in [-0.1, -0.05) is 22.0 Å². The summed E-state index contributed by atoms with van der Waals surface area (Å²) in [5, 5.41) is 2.08. The predicted octanol–water partition coefficient (Wildman–Crippen LogP) is 1.16. The van der Waals surface area contributed by atoms with Crippen molar-refractivity contribution in [2.24, 2.45) is 5.73 Å². The van der Waals surface area contributed by atoms with Crippen molar-refractivity contribution >= 4 is 33.6 Å². The van der Waals surface area contributed by atoms with Crippen LogP contribution in [0.1, 0.15) is 6.42 Å². The monoisotopic (exact) mass is 354 g/mol. The first-order valence-corrected chi connectivity index (χ1v) is 7.66. The lowest BCUT2D eigenvalue weighted by molar-refractivity contribution is -0.120. The molecule has 21 heavy (non-hydrogen) atoms. The van der Waals surface area contributed by atoms with E-state index in [1.807, 2.05) is 12.1 Å². The molecule has 1 aliphatic rings. The van der Waals surface area contributed by atoms with Gasteiger partial charge < -0.3 is 10.6 Å². The molecule has 3 N–H and O–H groups in total. The normalized spacial score (nSPS) is 15.8. The Labute approximate surface area is 132 Å². The van der Waals surface area contributed by atoms with Gasteiger partial charge in [-0.25, -0.2) is 4.79 Å². The molecule has 6 nitrogen and oxygen atoms in total. The number of piperazine rings is 1. The van der Waals surface area contributed by atoms with Crippen LogP contribution < -0.4 is 16.0 Å². The average Bonchev–Trinajstić information content (AvgIpc) is 2.45. The molecule has 7 heteroatoms. The number of primary amides is 1. The van der Waals surface area contributed by atoms with Gasteiger partial charge in [0.05, 0.1) is 0 Å². The minimum atomic E-state index is -0.792. The number of nitrogens with zero attached hydrogens (tertiary/aromatic N) is 2. The Balaban J connectivity index is 1.76. The lowest BCUT2D eigenvalue weighted by atomic mass is 10.2. The summed E-state index contributed by atoms with van der Waals surface area (Å²) in [5.41, 5.74) is 6.11. The fourth-order valence-corrected chi connectivity index (χ4v) is 2.75. The van der Waals surface area contributed by atoms with E-state index in [9.17, 15) is 9.59 Å². The van der Waals surface area contributed by atoms with Crippen molar-refractivity contribution in [2.75, 3.05) is 37.6 Å². The van der Waals surface area contributed by atoms with Crippen LogP contribution in [0.25, 0.3) is 0 Å². The van der Waals surface area contributed by atoms with Crippen LogP contribution in [-0.2, 0) is 4.79 Å². The number of carbonyl (C=O) groups is 2. The molecule has 2 rings (SSSR count). The number of halogens is 1. The molecule has 0 spiro atoms. The van der Waals surface area contributed by atoms with Crippen molar-refractivity contribution in [3.05, 3.63) is 28.7 Å². The molecule has 114 valence electrons. The van der Waals surface area contributed by atoms with E-state index in [1.54, 1.807) is 0 Å². The molecule has 0 aromatic heterocycles. The second-order valence-corrected chi connectivity index (χ2v) is 5.89. The number of imide groups is 1. The van der Waals surface area contributed by atoms with Gasteiger partial charge in [-0.05, 0) is 18.2 Å². The molecule has 1 aromatic carbocycles. The third-order valence-corrected chi connectivity index (χ3v) is 3.96. The summed E-state index contributed by atoms with van der Waals surface area (Å²) in [6, 6.07) is 7.45. The van der Waals surface area contributed by atoms with Crippen LogP contribution >= 0.6 is 15.9 Å². The highest BCUT2D eigenvalue weighted by atomic mass is 79.9. The molecule has 1 aliphatic heterocycles. The van der Waals surface area contributed by atoms with E-state index in [1.165, 1.54) is 5.69 Å². The Kier molecular flexibility index (Phi) is 5.58. The molecule has 0 bridgehead atoms. The summed E-state index contributed by atoms with van der Waals surface area (Å²) in [6.45, 7) is 4.29. The number of amides is 3. The first kappa shape index (κ1) is 15.8. The van der Waals surface area contributed by atoms with E-state index in [0.29, 0.717) is 13.0 Å². The van der Waals surface area contributed by atoms with Gasteiger partial charge in [0.1, 0.15) is 0 Å². The number of nitrogens with one attached hydrogen (secondary N) is 1. The molecule has 1 aromatic rings. The van der Waals surface area contributed by atoms with Crippen molar-refractivity contribution in [1.82, 2.24) is 10.2 Å². The minimum Gasteiger partial charge on any atom is -0.369 e. The zero-order valence-corrected chi connectivity index (χ0v) is 13.3.